The number of nitrogen functional groups attached to an aromatic ring is 1. The third-order valence-electron chi connectivity index (χ3n) is 2.31. The second-order valence-electron chi connectivity index (χ2n) is 3.60. The van der Waals surface area contributed by atoms with E-state index in [1.807, 2.05) is 18.2 Å². The van der Waals surface area contributed by atoms with Crippen molar-refractivity contribution in [2.75, 3.05) is 10.7 Å². The van der Waals surface area contributed by atoms with Gasteiger partial charge in [-0.1, -0.05) is 6.07 Å². The number of anilines is 3. The number of halogens is 1. The van der Waals surface area contributed by atoms with Crippen LogP contribution in [0.2, 0.25) is 0 Å². The molecule has 0 aliphatic rings. The molecule has 2 aromatic rings. The Morgan fingerprint density at radius 1 is 1.32 bits per heavy atom. The minimum atomic E-state index is -0.496. The van der Waals surface area contributed by atoms with Crippen molar-refractivity contribution in [3.63, 3.8) is 0 Å². The Hall–Kier alpha value is -1.94. The molecule has 0 aliphatic carbocycles. The van der Waals surface area contributed by atoms with E-state index in [1.54, 1.807) is 6.07 Å². The van der Waals surface area contributed by atoms with Gasteiger partial charge in [0.1, 0.15) is 5.82 Å². The SMILES string of the molecule is NNc1ccc([N+](=O)[O-])c(Nc2cccc(I)c2)n1. The van der Waals surface area contributed by atoms with Crippen molar-refractivity contribution >= 4 is 45.6 Å². The number of nitro groups is 1. The normalized spacial score (nSPS) is 10.0. The van der Waals surface area contributed by atoms with E-state index in [2.05, 4.69) is 38.3 Å². The molecule has 0 atom stereocenters. The molecule has 1 heterocycles. The minimum absolute atomic E-state index is 0.113. The summed E-state index contributed by atoms with van der Waals surface area (Å²) in [5.41, 5.74) is 2.96. The van der Waals surface area contributed by atoms with E-state index in [4.69, 9.17) is 5.84 Å². The molecule has 0 aliphatic heterocycles. The highest BCUT2D eigenvalue weighted by Gasteiger charge is 2.16. The van der Waals surface area contributed by atoms with E-state index in [0.717, 1.165) is 9.26 Å². The third-order valence-corrected chi connectivity index (χ3v) is 2.98. The molecule has 1 aromatic heterocycles. The summed E-state index contributed by atoms with van der Waals surface area (Å²) in [6, 6.07) is 10.2. The summed E-state index contributed by atoms with van der Waals surface area (Å²) < 4.78 is 1.01. The lowest BCUT2D eigenvalue weighted by atomic mass is 10.3. The van der Waals surface area contributed by atoms with E-state index in [0.29, 0.717) is 5.82 Å². The van der Waals surface area contributed by atoms with Crippen LogP contribution in [0.15, 0.2) is 36.4 Å². The lowest BCUT2D eigenvalue weighted by molar-refractivity contribution is -0.384. The highest BCUT2D eigenvalue weighted by atomic mass is 127. The molecule has 1 aromatic carbocycles. The predicted molar refractivity (Wildman–Crippen MR) is 81.1 cm³/mol. The van der Waals surface area contributed by atoms with Gasteiger partial charge in [-0.05, 0) is 46.9 Å². The number of rotatable bonds is 4. The molecule has 0 bridgehead atoms. The smallest absolute Gasteiger partial charge is 0.311 e. The molecule has 2 rings (SSSR count). The van der Waals surface area contributed by atoms with Gasteiger partial charge in [-0.2, -0.15) is 0 Å². The third kappa shape index (κ3) is 3.29. The zero-order valence-corrected chi connectivity index (χ0v) is 11.8. The van der Waals surface area contributed by atoms with E-state index in [9.17, 15) is 10.1 Å². The van der Waals surface area contributed by atoms with Gasteiger partial charge in [-0.3, -0.25) is 10.1 Å². The van der Waals surface area contributed by atoms with Crippen molar-refractivity contribution in [1.29, 1.82) is 0 Å². The molecule has 19 heavy (non-hydrogen) atoms. The fourth-order valence-electron chi connectivity index (χ4n) is 1.47. The lowest BCUT2D eigenvalue weighted by Gasteiger charge is -2.08. The molecule has 8 heteroatoms. The molecule has 0 saturated carbocycles. The standard InChI is InChI=1S/C11H10IN5O2/c12-7-2-1-3-8(6-7)14-11-9(17(18)19)4-5-10(15-11)16-13/h1-6H,13H2,(H2,14,15,16). The van der Waals surface area contributed by atoms with Crippen LogP contribution in [-0.2, 0) is 0 Å². The molecule has 98 valence electrons. The van der Waals surface area contributed by atoms with Crippen LogP contribution < -0.4 is 16.6 Å². The van der Waals surface area contributed by atoms with Gasteiger partial charge in [-0.15, -0.1) is 0 Å². The zero-order chi connectivity index (χ0) is 13.8. The predicted octanol–water partition coefficient (Wildman–Crippen LogP) is 2.62. The first kappa shape index (κ1) is 13.5. The number of benzene rings is 1. The van der Waals surface area contributed by atoms with Crippen LogP contribution in [-0.4, -0.2) is 9.91 Å². The van der Waals surface area contributed by atoms with Gasteiger partial charge < -0.3 is 10.7 Å². The summed E-state index contributed by atoms with van der Waals surface area (Å²) in [7, 11) is 0. The second-order valence-corrected chi connectivity index (χ2v) is 4.85. The fraction of sp³-hybridized carbons (Fsp3) is 0. The Bertz CT molecular complexity index is 620. The van der Waals surface area contributed by atoms with Crippen LogP contribution in [0.4, 0.5) is 23.0 Å². The Kier molecular flexibility index (Phi) is 4.12. The Morgan fingerprint density at radius 3 is 2.74 bits per heavy atom. The first-order chi connectivity index (χ1) is 9.10. The molecule has 0 spiro atoms. The molecular weight excluding hydrogens is 361 g/mol. The van der Waals surface area contributed by atoms with Crippen LogP contribution in [0.1, 0.15) is 0 Å². The van der Waals surface area contributed by atoms with E-state index < -0.39 is 4.92 Å². The molecule has 4 N–H and O–H groups in total. The molecule has 0 unspecified atom stereocenters. The number of nitrogens with one attached hydrogen (secondary N) is 2. The van der Waals surface area contributed by atoms with Crippen LogP contribution in [0.3, 0.4) is 0 Å². The topological polar surface area (TPSA) is 106 Å². The minimum Gasteiger partial charge on any atom is -0.334 e. The number of hydrazine groups is 1. The maximum Gasteiger partial charge on any atom is 0.311 e. The van der Waals surface area contributed by atoms with Crippen LogP contribution >= 0.6 is 22.6 Å². The second kappa shape index (κ2) is 5.80. The summed E-state index contributed by atoms with van der Waals surface area (Å²) in [5, 5.41) is 13.9. The molecule has 0 amide bonds. The van der Waals surface area contributed by atoms with Gasteiger partial charge in [0.05, 0.1) is 4.92 Å². The van der Waals surface area contributed by atoms with Crippen LogP contribution in [0.5, 0.6) is 0 Å². The molecular formula is C11H10IN5O2. The average Bonchev–Trinajstić information content (AvgIpc) is 2.38. The first-order valence-electron chi connectivity index (χ1n) is 5.25. The van der Waals surface area contributed by atoms with E-state index >= 15 is 0 Å². The number of hydrogen-bond donors (Lipinski definition) is 3. The quantitative estimate of drug-likeness (QED) is 0.330. The zero-order valence-electron chi connectivity index (χ0n) is 9.63. The van der Waals surface area contributed by atoms with E-state index in [1.165, 1.54) is 12.1 Å². The molecule has 0 fully saturated rings. The maximum absolute atomic E-state index is 11.0. The van der Waals surface area contributed by atoms with Crippen molar-refractivity contribution in [1.82, 2.24) is 4.98 Å². The maximum atomic E-state index is 11.0. The highest BCUT2D eigenvalue weighted by molar-refractivity contribution is 14.1. The van der Waals surface area contributed by atoms with Gasteiger partial charge in [-0.25, -0.2) is 10.8 Å². The van der Waals surface area contributed by atoms with Gasteiger partial charge in [0.15, 0.2) is 0 Å². The monoisotopic (exact) mass is 371 g/mol. The summed E-state index contributed by atoms with van der Waals surface area (Å²) in [4.78, 5) is 14.5. The number of nitrogens with zero attached hydrogens (tertiary/aromatic N) is 2. The summed E-state index contributed by atoms with van der Waals surface area (Å²) >= 11 is 2.16. The van der Waals surface area contributed by atoms with Crippen molar-refractivity contribution in [2.24, 2.45) is 5.84 Å². The van der Waals surface area contributed by atoms with Crippen molar-refractivity contribution in [3.8, 4) is 0 Å². The van der Waals surface area contributed by atoms with Crippen molar-refractivity contribution in [3.05, 3.63) is 50.1 Å². The number of nitrogens with two attached hydrogens (primary N) is 1. The highest BCUT2D eigenvalue weighted by Crippen LogP contribution is 2.27. The van der Waals surface area contributed by atoms with Gasteiger partial charge in [0, 0.05) is 15.3 Å². The molecule has 7 nitrogen and oxygen atoms in total. The first-order valence-corrected chi connectivity index (χ1v) is 6.32. The fourth-order valence-corrected chi connectivity index (χ4v) is 2.02. The van der Waals surface area contributed by atoms with Gasteiger partial charge in [0.25, 0.3) is 0 Å². The average molecular weight is 371 g/mol. The Balaban J connectivity index is 2.39. The van der Waals surface area contributed by atoms with Crippen LogP contribution in [0.25, 0.3) is 0 Å². The number of aromatic nitrogens is 1. The lowest BCUT2D eigenvalue weighted by Crippen LogP contribution is -2.10. The van der Waals surface area contributed by atoms with Crippen molar-refractivity contribution < 1.29 is 4.92 Å². The van der Waals surface area contributed by atoms with Crippen LogP contribution in [0, 0.1) is 13.7 Å². The summed E-state index contributed by atoms with van der Waals surface area (Å²) in [6.45, 7) is 0. The van der Waals surface area contributed by atoms with Gasteiger partial charge >= 0.3 is 5.69 Å². The number of hydrogen-bond acceptors (Lipinski definition) is 6. The molecule has 0 radical (unpaired) electrons. The number of pyridine rings is 1. The molecule has 0 saturated heterocycles. The largest absolute Gasteiger partial charge is 0.334 e. The van der Waals surface area contributed by atoms with Gasteiger partial charge in [0.2, 0.25) is 5.82 Å². The van der Waals surface area contributed by atoms with Crippen molar-refractivity contribution in [2.45, 2.75) is 0 Å². The Labute approximate surface area is 122 Å². The van der Waals surface area contributed by atoms with E-state index in [-0.39, 0.29) is 11.5 Å². The summed E-state index contributed by atoms with van der Waals surface area (Å²) in [6.07, 6.45) is 0. The Morgan fingerprint density at radius 2 is 2.11 bits per heavy atom. The summed E-state index contributed by atoms with van der Waals surface area (Å²) in [5.74, 6) is 5.74.